The molecule has 11 heteroatoms. The van der Waals surface area contributed by atoms with Crippen LogP contribution < -0.4 is 5.32 Å². The first-order chi connectivity index (χ1) is 15.1. The minimum atomic E-state index is -4.93. The van der Waals surface area contributed by atoms with Gasteiger partial charge in [0.25, 0.3) is 0 Å². The van der Waals surface area contributed by atoms with E-state index in [4.69, 9.17) is 4.74 Å². The van der Waals surface area contributed by atoms with Crippen LogP contribution in [0.4, 0.5) is 22.4 Å². The fourth-order valence-corrected chi connectivity index (χ4v) is 4.29. The maximum atomic E-state index is 14.6. The summed E-state index contributed by atoms with van der Waals surface area (Å²) in [5.74, 6) is -2.56. The molecule has 1 aromatic carbocycles. The molecule has 33 heavy (non-hydrogen) atoms. The number of alkyl halides is 3. The summed E-state index contributed by atoms with van der Waals surface area (Å²) in [6, 6.07) is 2.64. The van der Waals surface area contributed by atoms with Crippen LogP contribution in [0.5, 0.6) is 0 Å². The average Bonchev–Trinajstić information content (AvgIpc) is 3.15. The van der Waals surface area contributed by atoms with Gasteiger partial charge in [-0.3, -0.25) is 4.79 Å². The lowest BCUT2D eigenvalue weighted by Gasteiger charge is -2.29. The summed E-state index contributed by atoms with van der Waals surface area (Å²) in [5, 5.41) is 15.1. The van der Waals surface area contributed by atoms with Gasteiger partial charge in [-0.25, -0.2) is 9.18 Å². The van der Waals surface area contributed by atoms with E-state index in [2.05, 4.69) is 10.5 Å². The molecule has 1 aromatic rings. The molecule has 0 radical (unpaired) electrons. The van der Waals surface area contributed by atoms with Gasteiger partial charge in [-0.1, -0.05) is 11.2 Å². The smallest absolute Gasteiger partial charge is 0.419 e. The Morgan fingerprint density at radius 3 is 2.18 bits per heavy atom. The molecule has 3 rings (SSSR count). The Labute approximate surface area is 188 Å². The second-order valence-electron chi connectivity index (χ2n) is 9.97. The molecule has 7 nitrogen and oxygen atoms in total. The normalized spacial score (nSPS) is 23.2. The first-order valence-corrected chi connectivity index (χ1v) is 10.5. The number of rotatable bonds is 4. The third-order valence-electron chi connectivity index (χ3n) is 5.84. The van der Waals surface area contributed by atoms with Crippen LogP contribution in [0, 0.1) is 23.6 Å². The molecule has 1 unspecified atom stereocenters. The van der Waals surface area contributed by atoms with Crippen molar-refractivity contribution in [1.82, 2.24) is 10.2 Å². The van der Waals surface area contributed by atoms with Crippen LogP contribution in [0.25, 0.3) is 0 Å². The average molecular weight is 473 g/mol. The van der Waals surface area contributed by atoms with E-state index in [1.165, 1.54) is 18.7 Å². The van der Waals surface area contributed by atoms with Crippen LogP contribution >= 0.6 is 0 Å². The van der Waals surface area contributed by atoms with Crippen molar-refractivity contribution in [2.24, 2.45) is 22.9 Å². The summed E-state index contributed by atoms with van der Waals surface area (Å²) in [7, 11) is 0. The molecular weight excluding hydrogens is 446 g/mol. The van der Waals surface area contributed by atoms with Crippen LogP contribution in [0.1, 0.15) is 45.7 Å². The van der Waals surface area contributed by atoms with E-state index in [0.29, 0.717) is 19.2 Å². The molecule has 2 amide bonds. The lowest BCUT2D eigenvalue weighted by atomic mass is 9.90. The largest absolute Gasteiger partial charge is 0.444 e. The Kier molecular flexibility index (Phi) is 6.14. The van der Waals surface area contributed by atoms with Crippen molar-refractivity contribution >= 4 is 17.7 Å². The maximum Gasteiger partial charge on any atom is 0.419 e. The van der Waals surface area contributed by atoms with Crippen LogP contribution in [0.2, 0.25) is 0 Å². The molecule has 182 valence electrons. The number of ether oxygens (including phenoxy) is 1. The second-order valence-corrected chi connectivity index (χ2v) is 9.97. The number of carbonyl (C=O) groups is 2. The highest BCUT2D eigenvalue weighted by Gasteiger charge is 2.61. The topological polar surface area (TPSA) is 91.2 Å². The van der Waals surface area contributed by atoms with E-state index in [-0.39, 0.29) is 11.8 Å². The van der Waals surface area contributed by atoms with Gasteiger partial charge in [-0.05, 0) is 58.6 Å². The Balaban J connectivity index is 1.68. The van der Waals surface area contributed by atoms with Crippen molar-refractivity contribution < 1.29 is 37.1 Å². The molecule has 1 heterocycles. The predicted molar refractivity (Wildman–Crippen MR) is 110 cm³/mol. The molecule has 3 atom stereocenters. The Morgan fingerprint density at radius 2 is 1.70 bits per heavy atom. The van der Waals surface area contributed by atoms with Crippen LogP contribution in [-0.2, 0) is 15.7 Å². The number of fused-ring (bicyclic) bond motifs is 1. The predicted octanol–water partition coefficient (Wildman–Crippen LogP) is 4.03. The second kappa shape index (κ2) is 8.18. The van der Waals surface area contributed by atoms with Crippen molar-refractivity contribution in [3.63, 3.8) is 0 Å². The summed E-state index contributed by atoms with van der Waals surface area (Å²) in [5.41, 5.74) is -4.62. The van der Waals surface area contributed by atoms with Crippen LogP contribution in [0.3, 0.4) is 0 Å². The molecule has 2 fully saturated rings. The van der Waals surface area contributed by atoms with Crippen molar-refractivity contribution in [2.75, 3.05) is 13.1 Å². The number of likely N-dealkylation sites (tertiary alicyclic amines) is 1. The number of amides is 2. The number of nitrogens with zero attached hydrogens (tertiary/aromatic N) is 2. The highest BCUT2D eigenvalue weighted by Crippen LogP contribution is 2.52. The van der Waals surface area contributed by atoms with Gasteiger partial charge >= 0.3 is 12.3 Å². The fourth-order valence-electron chi connectivity index (χ4n) is 4.29. The lowest BCUT2D eigenvalue weighted by Crippen LogP contribution is -2.51. The van der Waals surface area contributed by atoms with Crippen molar-refractivity contribution in [1.29, 1.82) is 0 Å². The summed E-state index contributed by atoms with van der Waals surface area (Å²) < 4.78 is 59.2. The monoisotopic (exact) mass is 473 g/mol. The standard InChI is InChI=1S/C22H27F4N3O4/c1-20(2,3)33-19(31)29-9-12-13(10-29)15(12)18(30)27-21(4,5)17(28-32)11-7-6-8-14(16(11)23)22(24,25)26/h6-8,12-13,15,32H,9-10H2,1-5H3,(H,27,30)/t12-,13+,15?. The van der Waals surface area contributed by atoms with E-state index in [0.717, 1.165) is 12.1 Å². The number of benzene rings is 1. The van der Waals surface area contributed by atoms with Crippen molar-refractivity contribution in [3.8, 4) is 0 Å². The summed E-state index contributed by atoms with van der Waals surface area (Å²) in [6.07, 6.45) is -5.39. The third-order valence-corrected chi connectivity index (χ3v) is 5.84. The zero-order chi connectivity index (χ0) is 24.9. The Hall–Kier alpha value is -2.85. The van der Waals surface area contributed by atoms with E-state index < -0.39 is 57.9 Å². The number of hydrogen-bond donors (Lipinski definition) is 2. The number of nitrogens with one attached hydrogen (secondary N) is 1. The minimum Gasteiger partial charge on any atom is -0.444 e. The first kappa shape index (κ1) is 24.8. The zero-order valence-corrected chi connectivity index (χ0v) is 19.0. The van der Waals surface area contributed by atoms with Crippen molar-refractivity contribution in [2.45, 2.75) is 51.9 Å². The quantitative estimate of drug-likeness (QED) is 0.299. The van der Waals surface area contributed by atoms with Gasteiger partial charge in [0, 0.05) is 24.6 Å². The van der Waals surface area contributed by atoms with Gasteiger partial charge in [0.15, 0.2) is 0 Å². The van der Waals surface area contributed by atoms with Gasteiger partial charge in [0.05, 0.1) is 11.1 Å². The van der Waals surface area contributed by atoms with E-state index in [1.807, 2.05) is 0 Å². The minimum absolute atomic E-state index is 0.0758. The molecule has 2 N–H and O–H groups in total. The molecule has 1 aliphatic carbocycles. The summed E-state index contributed by atoms with van der Waals surface area (Å²) in [4.78, 5) is 26.6. The Bertz CT molecular complexity index is 973. The number of oxime groups is 1. The van der Waals surface area contributed by atoms with Gasteiger partial charge in [-0.2, -0.15) is 13.2 Å². The van der Waals surface area contributed by atoms with Gasteiger partial charge in [-0.15, -0.1) is 0 Å². The molecular formula is C22H27F4N3O4. The molecule has 1 saturated carbocycles. The highest BCUT2D eigenvalue weighted by atomic mass is 19.4. The molecule has 1 saturated heterocycles. The number of piperidine rings is 1. The third kappa shape index (κ3) is 5.06. The van der Waals surface area contributed by atoms with Crippen LogP contribution in [-0.4, -0.2) is 52.0 Å². The first-order valence-electron chi connectivity index (χ1n) is 10.5. The fraction of sp³-hybridized carbons (Fsp3) is 0.591. The lowest BCUT2D eigenvalue weighted by molar-refractivity contribution is -0.140. The maximum absolute atomic E-state index is 14.6. The van der Waals surface area contributed by atoms with Gasteiger partial charge in [0.2, 0.25) is 5.91 Å². The molecule has 2 aliphatic rings. The molecule has 0 bridgehead atoms. The molecule has 0 spiro atoms. The van der Waals surface area contributed by atoms with Gasteiger partial charge < -0.3 is 20.2 Å². The van der Waals surface area contributed by atoms with Gasteiger partial charge in [0.1, 0.15) is 17.1 Å². The summed E-state index contributed by atoms with van der Waals surface area (Å²) >= 11 is 0. The van der Waals surface area contributed by atoms with E-state index in [9.17, 15) is 32.4 Å². The van der Waals surface area contributed by atoms with Crippen molar-refractivity contribution in [3.05, 3.63) is 35.1 Å². The zero-order valence-electron chi connectivity index (χ0n) is 19.0. The Morgan fingerprint density at radius 1 is 1.12 bits per heavy atom. The van der Waals surface area contributed by atoms with E-state index >= 15 is 0 Å². The summed E-state index contributed by atoms with van der Waals surface area (Å²) in [6.45, 7) is 8.78. The SMILES string of the molecule is CC(C)(C)OC(=O)N1C[C@@H]2C(C(=O)NC(C)(C)C(=NO)c3cccc(C(F)(F)F)c3F)[C@@H]2C1. The highest BCUT2D eigenvalue weighted by molar-refractivity contribution is 6.08. The number of hydrogen-bond acceptors (Lipinski definition) is 5. The number of carbonyl (C=O) groups excluding carboxylic acids is 2. The van der Waals surface area contributed by atoms with E-state index in [1.54, 1.807) is 20.8 Å². The molecule has 0 aromatic heterocycles. The molecule has 1 aliphatic heterocycles. The van der Waals surface area contributed by atoms with Crippen LogP contribution in [0.15, 0.2) is 23.4 Å². The number of halogens is 4.